The molecule has 1 amide bonds. The molecule has 0 bridgehead atoms. The lowest BCUT2D eigenvalue weighted by Gasteiger charge is -2.45. The molecule has 2 aliphatic heterocycles. The summed E-state index contributed by atoms with van der Waals surface area (Å²) in [6.07, 6.45) is 4.67. The van der Waals surface area contributed by atoms with Gasteiger partial charge in [-0.25, -0.2) is 4.99 Å². The van der Waals surface area contributed by atoms with Gasteiger partial charge < -0.3 is 20.3 Å². The Kier molecular flexibility index (Phi) is 10.0. The fourth-order valence-electron chi connectivity index (χ4n) is 3.43. The first-order valence-corrected chi connectivity index (χ1v) is 9.12. The number of halogens is 1. The van der Waals surface area contributed by atoms with Gasteiger partial charge in [-0.15, -0.1) is 24.0 Å². The van der Waals surface area contributed by atoms with E-state index in [9.17, 15) is 4.79 Å². The van der Waals surface area contributed by atoms with Gasteiger partial charge in [0.15, 0.2) is 5.96 Å². The molecule has 0 spiro atoms. The molecule has 7 nitrogen and oxygen atoms in total. The highest BCUT2D eigenvalue weighted by molar-refractivity contribution is 14.0. The first-order chi connectivity index (χ1) is 11.6. The molecule has 0 aromatic rings. The highest BCUT2D eigenvalue weighted by atomic mass is 127. The highest BCUT2D eigenvalue weighted by Gasteiger charge is 2.39. The summed E-state index contributed by atoms with van der Waals surface area (Å²) in [6.45, 7) is 7.83. The summed E-state index contributed by atoms with van der Waals surface area (Å²) in [7, 11) is 3.51. The van der Waals surface area contributed by atoms with Gasteiger partial charge in [0.25, 0.3) is 0 Å². The van der Waals surface area contributed by atoms with Crippen molar-refractivity contribution < 1.29 is 9.53 Å². The quantitative estimate of drug-likeness (QED) is 0.345. The average molecular weight is 467 g/mol. The number of likely N-dealkylation sites (N-methyl/N-ethyl adjacent to an activating group) is 1. The van der Waals surface area contributed by atoms with Crippen molar-refractivity contribution in [2.75, 3.05) is 60.0 Å². The zero-order chi connectivity index (χ0) is 17.4. The van der Waals surface area contributed by atoms with Gasteiger partial charge in [-0.3, -0.25) is 9.69 Å². The summed E-state index contributed by atoms with van der Waals surface area (Å²) in [4.78, 5) is 20.4. The topological polar surface area (TPSA) is 69.2 Å². The number of guanidine groups is 1. The van der Waals surface area contributed by atoms with Crippen molar-refractivity contribution in [1.29, 1.82) is 0 Å². The zero-order valence-electron chi connectivity index (χ0n) is 15.8. The fourth-order valence-corrected chi connectivity index (χ4v) is 3.43. The SMILES string of the molecule is CCNC(=NCC(=O)N(C)C)NCC1(N2CCCC2)CCOCC1.I. The van der Waals surface area contributed by atoms with E-state index in [-0.39, 0.29) is 42.0 Å². The minimum absolute atomic E-state index is 0. The Morgan fingerprint density at radius 1 is 1.20 bits per heavy atom. The van der Waals surface area contributed by atoms with Crippen molar-refractivity contribution in [2.24, 2.45) is 4.99 Å². The molecular formula is C17H34IN5O2. The van der Waals surface area contributed by atoms with Crippen LogP contribution in [-0.4, -0.2) is 87.2 Å². The van der Waals surface area contributed by atoms with Gasteiger partial charge in [0.2, 0.25) is 5.91 Å². The predicted molar refractivity (Wildman–Crippen MR) is 112 cm³/mol. The molecule has 0 aliphatic carbocycles. The van der Waals surface area contributed by atoms with Crippen molar-refractivity contribution in [3.63, 3.8) is 0 Å². The van der Waals surface area contributed by atoms with Crippen LogP contribution in [0.5, 0.6) is 0 Å². The van der Waals surface area contributed by atoms with Crippen LogP contribution < -0.4 is 10.6 Å². The van der Waals surface area contributed by atoms with Gasteiger partial charge in [0.1, 0.15) is 6.54 Å². The molecular weight excluding hydrogens is 433 g/mol. The minimum Gasteiger partial charge on any atom is -0.381 e. The molecule has 25 heavy (non-hydrogen) atoms. The summed E-state index contributed by atoms with van der Waals surface area (Å²) in [5.41, 5.74) is 0.149. The molecule has 0 aromatic carbocycles. The second-order valence-corrected chi connectivity index (χ2v) is 6.87. The fraction of sp³-hybridized carbons (Fsp3) is 0.882. The number of nitrogens with zero attached hydrogens (tertiary/aromatic N) is 3. The Morgan fingerprint density at radius 2 is 1.84 bits per heavy atom. The third-order valence-electron chi connectivity index (χ3n) is 5.00. The van der Waals surface area contributed by atoms with Gasteiger partial charge >= 0.3 is 0 Å². The van der Waals surface area contributed by atoms with Crippen LogP contribution in [0.25, 0.3) is 0 Å². The molecule has 2 heterocycles. The van der Waals surface area contributed by atoms with Crippen LogP contribution in [0.4, 0.5) is 0 Å². The highest BCUT2D eigenvalue weighted by Crippen LogP contribution is 2.30. The minimum atomic E-state index is 0. The van der Waals surface area contributed by atoms with E-state index in [1.54, 1.807) is 19.0 Å². The van der Waals surface area contributed by atoms with E-state index >= 15 is 0 Å². The first-order valence-electron chi connectivity index (χ1n) is 9.12. The normalized spacial score (nSPS) is 20.7. The summed E-state index contributed by atoms with van der Waals surface area (Å²) < 4.78 is 5.59. The van der Waals surface area contributed by atoms with Crippen molar-refractivity contribution in [1.82, 2.24) is 20.4 Å². The Hall–Kier alpha value is -0.610. The molecule has 0 atom stereocenters. The smallest absolute Gasteiger partial charge is 0.243 e. The largest absolute Gasteiger partial charge is 0.381 e. The van der Waals surface area contributed by atoms with Crippen LogP contribution >= 0.6 is 24.0 Å². The number of amides is 1. The number of aliphatic imine (C=N–C) groups is 1. The molecule has 0 unspecified atom stereocenters. The third-order valence-corrected chi connectivity index (χ3v) is 5.00. The molecule has 0 radical (unpaired) electrons. The maximum atomic E-state index is 11.8. The Morgan fingerprint density at radius 3 is 2.40 bits per heavy atom. The zero-order valence-corrected chi connectivity index (χ0v) is 18.2. The van der Waals surface area contributed by atoms with Crippen LogP contribution in [0.1, 0.15) is 32.6 Å². The van der Waals surface area contributed by atoms with Gasteiger partial charge in [-0.05, 0) is 45.7 Å². The summed E-state index contributed by atoms with van der Waals surface area (Å²) >= 11 is 0. The predicted octanol–water partition coefficient (Wildman–Crippen LogP) is 0.893. The van der Waals surface area contributed by atoms with Crippen LogP contribution in [0, 0.1) is 0 Å². The lowest BCUT2D eigenvalue weighted by atomic mass is 9.88. The second-order valence-electron chi connectivity index (χ2n) is 6.87. The second kappa shape index (κ2) is 11.2. The van der Waals surface area contributed by atoms with E-state index in [2.05, 4.69) is 20.5 Å². The van der Waals surface area contributed by atoms with Crippen molar-refractivity contribution >= 4 is 35.8 Å². The Balaban J connectivity index is 0.00000312. The van der Waals surface area contributed by atoms with Gasteiger partial charge in [0.05, 0.1) is 0 Å². The number of carbonyl (C=O) groups excluding carboxylic acids is 1. The molecule has 2 N–H and O–H groups in total. The first kappa shape index (κ1) is 22.4. The van der Waals surface area contributed by atoms with Gasteiger partial charge in [-0.2, -0.15) is 0 Å². The molecule has 0 saturated carbocycles. The number of rotatable bonds is 6. The summed E-state index contributed by atoms with van der Waals surface area (Å²) in [5.74, 6) is 0.727. The van der Waals surface area contributed by atoms with E-state index in [1.165, 1.54) is 25.9 Å². The number of hydrogen-bond donors (Lipinski definition) is 2. The van der Waals surface area contributed by atoms with Crippen molar-refractivity contribution in [3.05, 3.63) is 0 Å². The molecule has 2 rings (SSSR count). The van der Waals surface area contributed by atoms with E-state index in [1.807, 2.05) is 6.92 Å². The maximum Gasteiger partial charge on any atom is 0.243 e. The molecule has 2 aliphatic rings. The number of carbonyl (C=O) groups is 1. The average Bonchev–Trinajstić information content (AvgIpc) is 3.13. The van der Waals surface area contributed by atoms with Crippen LogP contribution in [0.3, 0.4) is 0 Å². The lowest BCUT2D eigenvalue weighted by molar-refractivity contribution is -0.127. The van der Waals surface area contributed by atoms with Crippen LogP contribution in [0.2, 0.25) is 0 Å². The van der Waals surface area contributed by atoms with Gasteiger partial charge in [-0.1, -0.05) is 0 Å². The molecule has 2 saturated heterocycles. The lowest BCUT2D eigenvalue weighted by Crippen LogP contribution is -2.58. The number of nitrogens with one attached hydrogen (secondary N) is 2. The van der Waals surface area contributed by atoms with E-state index < -0.39 is 0 Å². The summed E-state index contributed by atoms with van der Waals surface area (Å²) in [5, 5.41) is 6.72. The summed E-state index contributed by atoms with van der Waals surface area (Å²) in [6, 6.07) is 0. The van der Waals surface area contributed by atoms with E-state index in [0.29, 0.717) is 0 Å². The monoisotopic (exact) mass is 467 g/mol. The Bertz CT molecular complexity index is 433. The van der Waals surface area contributed by atoms with Crippen molar-refractivity contribution in [2.45, 2.75) is 38.1 Å². The van der Waals surface area contributed by atoms with Crippen LogP contribution in [0.15, 0.2) is 4.99 Å². The van der Waals surface area contributed by atoms with E-state index in [4.69, 9.17) is 4.74 Å². The molecule has 0 aromatic heterocycles. The van der Waals surface area contributed by atoms with E-state index in [0.717, 1.165) is 45.1 Å². The molecule has 2 fully saturated rings. The number of ether oxygens (including phenoxy) is 1. The Labute approximate surface area is 169 Å². The van der Waals surface area contributed by atoms with Crippen LogP contribution in [-0.2, 0) is 9.53 Å². The number of hydrogen-bond acceptors (Lipinski definition) is 4. The third kappa shape index (κ3) is 6.56. The number of likely N-dealkylation sites (tertiary alicyclic amines) is 1. The molecule has 8 heteroatoms. The molecule has 146 valence electrons. The maximum absolute atomic E-state index is 11.8. The standard InChI is InChI=1S/C17H33N5O2.HI/c1-4-18-16(19-13-15(23)21(2)3)20-14-17(7-11-24-12-8-17)22-9-5-6-10-22;/h4-14H2,1-3H3,(H2,18,19,20);1H. The van der Waals surface area contributed by atoms with Crippen molar-refractivity contribution in [3.8, 4) is 0 Å². The van der Waals surface area contributed by atoms with Gasteiger partial charge in [0, 0.05) is 45.9 Å².